The van der Waals surface area contributed by atoms with Gasteiger partial charge >= 0.3 is 0 Å². The lowest BCUT2D eigenvalue weighted by Crippen LogP contribution is -2.09. The Hall–Kier alpha value is -1.36. The largest absolute Gasteiger partial charge is 0.323 e. The molecule has 0 fully saturated rings. The van der Waals surface area contributed by atoms with Crippen LogP contribution in [0.2, 0.25) is 0 Å². The molecule has 0 aliphatic carbocycles. The summed E-state index contributed by atoms with van der Waals surface area (Å²) in [7, 11) is 0. The van der Waals surface area contributed by atoms with Gasteiger partial charge in [-0.3, -0.25) is 0 Å². The van der Waals surface area contributed by atoms with Gasteiger partial charge in [-0.15, -0.1) is 0 Å². The molecule has 0 saturated heterocycles. The molecule has 0 bridgehead atoms. The molecule has 1 aromatic carbocycles. The second-order valence-corrected chi connectivity index (χ2v) is 3.67. The Morgan fingerprint density at radius 3 is 2.64 bits per heavy atom. The van der Waals surface area contributed by atoms with Gasteiger partial charge < -0.3 is 5.73 Å². The molecule has 0 amide bonds. The third kappa shape index (κ3) is 2.32. The highest BCUT2D eigenvalue weighted by molar-refractivity contribution is 9.10. The van der Waals surface area contributed by atoms with Crippen LogP contribution in [0.5, 0.6) is 0 Å². The molecule has 0 aromatic heterocycles. The molecule has 0 radical (unpaired) electrons. The minimum Gasteiger partial charge on any atom is -0.323 e. The lowest BCUT2D eigenvalue weighted by atomic mass is 10.0. The average molecular weight is 250 g/mol. The summed E-state index contributed by atoms with van der Waals surface area (Å²) in [5.41, 5.74) is 7.19. The summed E-state index contributed by atoms with van der Waals surface area (Å²) < 4.78 is 0.777. The van der Waals surface area contributed by atoms with Gasteiger partial charge in [0, 0.05) is 10.5 Å². The molecule has 70 valence electrons. The minimum absolute atomic E-state index is 0.268. The van der Waals surface area contributed by atoms with Gasteiger partial charge in [-0.1, -0.05) is 22.0 Å². The van der Waals surface area contributed by atoms with Crippen molar-refractivity contribution in [1.82, 2.24) is 0 Å². The number of hydrogen-bond acceptors (Lipinski definition) is 3. The first-order chi connectivity index (χ1) is 6.69. The van der Waals surface area contributed by atoms with Crippen LogP contribution in [0.1, 0.15) is 23.6 Å². The highest BCUT2D eigenvalue weighted by atomic mass is 79.9. The van der Waals surface area contributed by atoms with E-state index < -0.39 is 0 Å². The molecule has 1 rings (SSSR count). The van der Waals surface area contributed by atoms with E-state index in [9.17, 15) is 0 Å². The van der Waals surface area contributed by atoms with Crippen LogP contribution in [0.15, 0.2) is 22.7 Å². The predicted molar refractivity (Wildman–Crippen MR) is 56.0 cm³/mol. The van der Waals surface area contributed by atoms with Crippen LogP contribution in [-0.4, -0.2) is 0 Å². The van der Waals surface area contributed by atoms with E-state index >= 15 is 0 Å². The topological polar surface area (TPSA) is 73.6 Å². The number of benzene rings is 1. The Kier molecular flexibility index (Phi) is 3.64. The van der Waals surface area contributed by atoms with Gasteiger partial charge in [0.2, 0.25) is 0 Å². The second kappa shape index (κ2) is 4.76. The Balaban J connectivity index is 3.02. The van der Waals surface area contributed by atoms with E-state index in [4.69, 9.17) is 16.3 Å². The molecule has 14 heavy (non-hydrogen) atoms. The normalized spacial score (nSPS) is 11.4. The first-order valence-corrected chi connectivity index (χ1v) is 4.80. The van der Waals surface area contributed by atoms with Gasteiger partial charge in [-0.05, 0) is 17.7 Å². The highest BCUT2D eigenvalue weighted by Gasteiger charge is 2.09. The van der Waals surface area contributed by atoms with Crippen LogP contribution in [0.25, 0.3) is 0 Å². The Morgan fingerprint density at radius 2 is 2.14 bits per heavy atom. The summed E-state index contributed by atoms with van der Waals surface area (Å²) in [6, 6.07) is 8.90. The van der Waals surface area contributed by atoms with Crippen molar-refractivity contribution in [2.45, 2.75) is 12.5 Å². The average Bonchev–Trinajstić information content (AvgIpc) is 2.17. The predicted octanol–water partition coefficient (Wildman–Crippen LogP) is 2.23. The van der Waals surface area contributed by atoms with Crippen molar-refractivity contribution in [2.24, 2.45) is 5.73 Å². The summed E-state index contributed by atoms with van der Waals surface area (Å²) in [6.45, 7) is 0. The Morgan fingerprint density at radius 1 is 1.43 bits per heavy atom. The molecule has 4 heteroatoms. The quantitative estimate of drug-likeness (QED) is 0.874. The monoisotopic (exact) mass is 249 g/mol. The number of nitriles is 2. The van der Waals surface area contributed by atoms with Crippen LogP contribution in [0.3, 0.4) is 0 Å². The lowest BCUT2D eigenvalue weighted by Gasteiger charge is -2.09. The third-order valence-electron chi connectivity index (χ3n) is 1.84. The Bertz CT molecular complexity index is 414. The molecule has 3 nitrogen and oxygen atoms in total. The summed E-state index contributed by atoms with van der Waals surface area (Å²) in [6.07, 6.45) is 0.268. The van der Waals surface area contributed by atoms with Crippen LogP contribution in [0.4, 0.5) is 0 Å². The standard InChI is InChI=1S/C10H8BrN3/c11-9-5-7(6-13)1-2-8(9)10(14)3-4-12/h1-2,5,10H,3,14H2. The smallest absolute Gasteiger partial charge is 0.0992 e. The molecule has 1 unspecified atom stereocenters. The number of nitrogens with two attached hydrogens (primary N) is 1. The first kappa shape index (κ1) is 10.7. The molecule has 0 saturated carbocycles. The summed E-state index contributed by atoms with van der Waals surface area (Å²) in [4.78, 5) is 0. The number of hydrogen-bond donors (Lipinski definition) is 1. The van der Waals surface area contributed by atoms with Crippen LogP contribution in [0, 0.1) is 22.7 Å². The highest BCUT2D eigenvalue weighted by Crippen LogP contribution is 2.24. The van der Waals surface area contributed by atoms with Gasteiger partial charge in [0.1, 0.15) is 0 Å². The maximum Gasteiger partial charge on any atom is 0.0992 e. The van der Waals surface area contributed by atoms with E-state index in [2.05, 4.69) is 15.9 Å². The molecular formula is C10H8BrN3. The number of nitrogens with zero attached hydrogens (tertiary/aromatic N) is 2. The molecule has 0 aliphatic rings. The zero-order chi connectivity index (χ0) is 10.6. The van der Waals surface area contributed by atoms with Crippen molar-refractivity contribution in [1.29, 1.82) is 10.5 Å². The second-order valence-electron chi connectivity index (χ2n) is 2.82. The molecule has 0 heterocycles. The summed E-state index contributed by atoms with van der Waals surface area (Å²) in [5, 5.41) is 17.1. The maximum absolute atomic E-state index is 8.64. The van der Waals surface area contributed by atoms with E-state index in [0.29, 0.717) is 5.56 Å². The zero-order valence-electron chi connectivity index (χ0n) is 7.37. The van der Waals surface area contributed by atoms with Gasteiger partial charge in [0.25, 0.3) is 0 Å². The van der Waals surface area contributed by atoms with Gasteiger partial charge in [-0.2, -0.15) is 10.5 Å². The van der Waals surface area contributed by atoms with E-state index in [0.717, 1.165) is 10.0 Å². The van der Waals surface area contributed by atoms with E-state index in [1.54, 1.807) is 18.2 Å². The molecule has 0 aliphatic heterocycles. The van der Waals surface area contributed by atoms with Gasteiger partial charge in [-0.25, -0.2) is 0 Å². The van der Waals surface area contributed by atoms with Crippen molar-refractivity contribution < 1.29 is 0 Å². The van der Waals surface area contributed by atoms with Crippen molar-refractivity contribution in [3.05, 3.63) is 33.8 Å². The Labute approximate surface area is 90.9 Å². The maximum atomic E-state index is 8.64. The van der Waals surface area contributed by atoms with E-state index in [1.807, 2.05) is 12.1 Å². The van der Waals surface area contributed by atoms with Crippen LogP contribution >= 0.6 is 15.9 Å². The van der Waals surface area contributed by atoms with Crippen molar-refractivity contribution in [2.75, 3.05) is 0 Å². The fourth-order valence-corrected chi connectivity index (χ4v) is 1.78. The molecule has 0 spiro atoms. The van der Waals surface area contributed by atoms with Crippen LogP contribution < -0.4 is 5.73 Å². The summed E-state index contributed by atoms with van der Waals surface area (Å²) in [5.74, 6) is 0. The van der Waals surface area contributed by atoms with Crippen molar-refractivity contribution >= 4 is 15.9 Å². The minimum atomic E-state index is -0.304. The molecule has 2 N–H and O–H groups in total. The number of rotatable bonds is 2. The van der Waals surface area contributed by atoms with E-state index in [-0.39, 0.29) is 12.5 Å². The van der Waals surface area contributed by atoms with Crippen molar-refractivity contribution in [3.8, 4) is 12.1 Å². The lowest BCUT2D eigenvalue weighted by molar-refractivity contribution is 0.744. The molecule has 1 aromatic rings. The molecule has 1 atom stereocenters. The van der Waals surface area contributed by atoms with E-state index in [1.165, 1.54) is 0 Å². The fraction of sp³-hybridized carbons (Fsp3) is 0.200. The SMILES string of the molecule is N#CCC(N)c1ccc(C#N)cc1Br. The zero-order valence-corrected chi connectivity index (χ0v) is 8.95. The van der Waals surface area contributed by atoms with Crippen LogP contribution in [-0.2, 0) is 0 Å². The number of halogens is 1. The van der Waals surface area contributed by atoms with Crippen molar-refractivity contribution in [3.63, 3.8) is 0 Å². The molecular weight excluding hydrogens is 242 g/mol. The third-order valence-corrected chi connectivity index (χ3v) is 2.53. The van der Waals surface area contributed by atoms with Gasteiger partial charge in [0.15, 0.2) is 0 Å². The summed E-state index contributed by atoms with van der Waals surface area (Å²) >= 11 is 3.32. The van der Waals surface area contributed by atoms with Gasteiger partial charge in [0.05, 0.1) is 24.1 Å². The first-order valence-electron chi connectivity index (χ1n) is 4.01. The fourth-order valence-electron chi connectivity index (χ4n) is 1.11.